The number of aromatic nitrogens is 2. The van der Waals surface area contributed by atoms with E-state index in [0.717, 1.165) is 25.9 Å². The van der Waals surface area contributed by atoms with Crippen LogP contribution in [0.4, 0.5) is 26.3 Å². The van der Waals surface area contributed by atoms with Crippen molar-refractivity contribution in [2.45, 2.75) is 31.2 Å². The maximum Gasteiger partial charge on any atom is 0.490 e. The van der Waals surface area contributed by atoms with E-state index in [1.54, 1.807) is 12.5 Å². The molecule has 0 atom stereocenters. The molecule has 0 aliphatic carbocycles. The van der Waals surface area contributed by atoms with Crippen LogP contribution in [-0.2, 0) is 9.59 Å². The number of nitrogens with one attached hydrogen (secondary N) is 1. The number of piperidine rings is 1. The molecule has 2 fully saturated rings. The van der Waals surface area contributed by atoms with Crippen LogP contribution in [0.25, 0.3) is 0 Å². The molecule has 1 amide bonds. The predicted molar refractivity (Wildman–Crippen MR) is 104 cm³/mol. The Hall–Kier alpha value is -2.49. The highest BCUT2D eigenvalue weighted by molar-refractivity contribution is 7.99. The zero-order valence-corrected chi connectivity index (χ0v) is 17.8. The van der Waals surface area contributed by atoms with E-state index >= 15 is 0 Å². The van der Waals surface area contributed by atoms with Gasteiger partial charge in [0, 0.05) is 43.7 Å². The third-order valence-electron chi connectivity index (χ3n) is 4.53. The zero-order chi connectivity index (χ0) is 25.2. The molecule has 0 saturated carbocycles. The second-order valence-corrected chi connectivity index (χ2v) is 7.97. The summed E-state index contributed by atoms with van der Waals surface area (Å²) >= 11 is 2.05. The van der Waals surface area contributed by atoms with Gasteiger partial charge in [0.1, 0.15) is 5.69 Å². The highest BCUT2D eigenvalue weighted by Gasteiger charge is 2.38. The number of likely N-dealkylation sites (tertiary alicyclic amines) is 1. The Morgan fingerprint density at radius 1 is 0.939 bits per heavy atom. The number of H-pyrrole nitrogens is 1. The van der Waals surface area contributed by atoms with Crippen molar-refractivity contribution in [1.82, 2.24) is 19.8 Å². The van der Waals surface area contributed by atoms with Crippen LogP contribution >= 0.6 is 11.8 Å². The number of nitrogens with zero attached hydrogens (tertiary/aromatic N) is 3. The lowest BCUT2D eigenvalue weighted by molar-refractivity contribution is -0.193. The summed E-state index contributed by atoms with van der Waals surface area (Å²) in [5, 5.41) is 14.2. The molecule has 33 heavy (non-hydrogen) atoms. The van der Waals surface area contributed by atoms with Crippen LogP contribution in [0.1, 0.15) is 23.3 Å². The lowest BCUT2D eigenvalue weighted by Gasteiger charge is -2.39. The second kappa shape index (κ2) is 12.7. The molecule has 3 heterocycles. The van der Waals surface area contributed by atoms with E-state index in [2.05, 4.69) is 14.9 Å². The highest BCUT2D eigenvalue weighted by Crippen LogP contribution is 2.21. The number of alkyl halides is 6. The van der Waals surface area contributed by atoms with Gasteiger partial charge >= 0.3 is 24.3 Å². The lowest BCUT2D eigenvalue weighted by atomic mass is 10.0. The molecule has 9 nitrogen and oxygen atoms in total. The van der Waals surface area contributed by atoms with Gasteiger partial charge in [0.25, 0.3) is 5.91 Å². The molecule has 1 aromatic rings. The highest BCUT2D eigenvalue weighted by atomic mass is 32.2. The summed E-state index contributed by atoms with van der Waals surface area (Å²) < 4.78 is 63.5. The van der Waals surface area contributed by atoms with E-state index in [-0.39, 0.29) is 5.91 Å². The maximum absolute atomic E-state index is 12.2. The van der Waals surface area contributed by atoms with Crippen LogP contribution in [-0.4, -0.2) is 104 Å². The number of aromatic amines is 1. The van der Waals surface area contributed by atoms with Crippen molar-refractivity contribution in [2.75, 3.05) is 37.7 Å². The minimum absolute atomic E-state index is 0.0881. The number of hydrogen-bond donors (Lipinski definition) is 3. The monoisotopic (exact) mass is 508 g/mol. The molecule has 0 radical (unpaired) electrons. The third-order valence-corrected chi connectivity index (χ3v) is 5.47. The molecule has 188 valence electrons. The number of aliphatic carboxylic acids is 2. The molecular formula is C17H22F6N4O5S. The van der Waals surface area contributed by atoms with Gasteiger partial charge in [-0.1, -0.05) is 0 Å². The van der Waals surface area contributed by atoms with Gasteiger partial charge in [-0.05, 0) is 12.8 Å². The van der Waals surface area contributed by atoms with Gasteiger partial charge in [-0.2, -0.15) is 38.1 Å². The molecule has 0 spiro atoms. The number of thioether (sulfide) groups is 1. The number of carboxylic acids is 2. The van der Waals surface area contributed by atoms with Crippen LogP contribution in [0.5, 0.6) is 0 Å². The Balaban J connectivity index is 0.000000324. The number of rotatable bonds is 2. The minimum atomic E-state index is -5.08. The van der Waals surface area contributed by atoms with Crippen molar-refractivity contribution in [3.63, 3.8) is 0 Å². The molecule has 2 aliphatic heterocycles. The van der Waals surface area contributed by atoms with E-state index in [1.165, 1.54) is 24.6 Å². The van der Waals surface area contributed by atoms with Crippen molar-refractivity contribution in [3.8, 4) is 0 Å². The predicted octanol–water partition coefficient (Wildman–Crippen LogP) is 2.33. The summed E-state index contributed by atoms with van der Waals surface area (Å²) in [6.45, 7) is 4.16. The van der Waals surface area contributed by atoms with E-state index in [9.17, 15) is 31.1 Å². The first-order valence-corrected chi connectivity index (χ1v) is 10.6. The van der Waals surface area contributed by atoms with E-state index in [4.69, 9.17) is 19.8 Å². The topological polar surface area (TPSA) is 127 Å². The quantitative estimate of drug-likeness (QED) is 0.520. The third kappa shape index (κ3) is 10.3. The molecule has 0 aromatic carbocycles. The molecule has 0 unspecified atom stereocenters. The smallest absolute Gasteiger partial charge is 0.475 e. The molecule has 0 bridgehead atoms. The van der Waals surface area contributed by atoms with Crippen molar-refractivity contribution in [2.24, 2.45) is 0 Å². The summed E-state index contributed by atoms with van der Waals surface area (Å²) in [7, 11) is 0. The summed E-state index contributed by atoms with van der Waals surface area (Å²) in [6, 6.07) is 0.673. The fraction of sp³-hybridized carbons (Fsp3) is 0.647. The number of halogens is 6. The molecular weight excluding hydrogens is 486 g/mol. The van der Waals surface area contributed by atoms with Crippen molar-refractivity contribution in [3.05, 3.63) is 18.2 Å². The Bertz CT molecular complexity index is 737. The maximum atomic E-state index is 12.2. The number of hydrogen-bond acceptors (Lipinski definition) is 6. The fourth-order valence-corrected chi connectivity index (χ4v) is 3.85. The standard InChI is InChI=1S/C13H20N4OS.2C2HF3O2/c18-13(12-9-14-10-15-12)17-3-1-11(2-4-17)16-5-7-19-8-6-16;2*3-2(4,5)1(6)7/h9-11H,1-8H2,(H,14,15);2*(H,6,7). The van der Waals surface area contributed by atoms with Gasteiger partial charge < -0.3 is 20.1 Å². The largest absolute Gasteiger partial charge is 0.490 e. The Morgan fingerprint density at radius 2 is 1.39 bits per heavy atom. The first-order chi connectivity index (χ1) is 15.2. The summed E-state index contributed by atoms with van der Waals surface area (Å²) in [4.78, 5) is 41.3. The van der Waals surface area contributed by atoms with E-state index in [1.807, 2.05) is 16.7 Å². The van der Waals surface area contributed by atoms with Gasteiger partial charge in [-0.25, -0.2) is 14.6 Å². The van der Waals surface area contributed by atoms with Gasteiger partial charge in [0.15, 0.2) is 0 Å². The number of carboxylic acid groups (broad SMARTS) is 2. The fourth-order valence-electron chi connectivity index (χ4n) is 2.92. The van der Waals surface area contributed by atoms with Crippen molar-refractivity contribution >= 4 is 29.6 Å². The number of imidazole rings is 1. The average Bonchev–Trinajstić information content (AvgIpc) is 3.28. The van der Waals surface area contributed by atoms with Gasteiger partial charge in [0.05, 0.1) is 12.5 Å². The second-order valence-electron chi connectivity index (χ2n) is 6.74. The van der Waals surface area contributed by atoms with Gasteiger partial charge in [0.2, 0.25) is 0 Å². The van der Waals surface area contributed by atoms with Crippen molar-refractivity contribution in [1.29, 1.82) is 0 Å². The molecule has 3 rings (SSSR count). The van der Waals surface area contributed by atoms with E-state index < -0.39 is 24.3 Å². The Labute approximate surface area is 188 Å². The summed E-state index contributed by atoms with van der Waals surface area (Å²) in [6.07, 6.45) is -4.79. The summed E-state index contributed by atoms with van der Waals surface area (Å²) in [5.41, 5.74) is 0.604. The first kappa shape index (κ1) is 28.5. The molecule has 2 aliphatic rings. The van der Waals surface area contributed by atoms with Gasteiger partial charge in [-0.15, -0.1) is 0 Å². The van der Waals surface area contributed by atoms with Crippen molar-refractivity contribution < 1.29 is 50.9 Å². The van der Waals surface area contributed by atoms with Crippen LogP contribution < -0.4 is 0 Å². The lowest BCUT2D eigenvalue weighted by Crippen LogP contribution is -2.49. The number of amides is 1. The van der Waals surface area contributed by atoms with E-state index in [0.29, 0.717) is 11.7 Å². The number of carbonyl (C=O) groups is 3. The molecule has 1 aromatic heterocycles. The molecule has 2 saturated heterocycles. The van der Waals surface area contributed by atoms with Crippen LogP contribution in [0.15, 0.2) is 12.5 Å². The normalized spacial score (nSPS) is 17.8. The van der Waals surface area contributed by atoms with Crippen LogP contribution in [0.2, 0.25) is 0 Å². The molecule has 3 N–H and O–H groups in total. The number of carbonyl (C=O) groups excluding carboxylic acids is 1. The summed E-state index contributed by atoms with van der Waals surface area (Å²) in [5.74, 6) is -2.91. The van der Waals surface area contributed by atoms with Crippen LogP contribution in [0.3, 0.4) is 0 Å². The zero-order valence-electron chi connectivity index (χ0n) is 17.0. The minimum Gasteiger partial charge on any atom is -0.475 e. The van der Waals surface area contributed by atoms with Gasteiger partial charge in [-0.3, -0.25) is 9.69 Å². The Morgan fingerprint density at radius 3 is 1.76 bits per heavy atom. The first-order valence-electron chi connectivity index (χ1n) is 9.43. The SMILES string of the molecule is O=C(O)C(F)(F)F.O=C(O)C(F)(F)F.O=C(c1cnc[nH]1)N1CCC(N2CCSCC2)CC1. The average molecular weight is 508 g/mol. The Kier molecular flexibility index (Phi) is 11.0. The molecule has 16 heteroatoms. The van der Waals surface area contributed by atoms with Crippen LogP contribution in [0, 0.1) is 0 Å².